The maximum Gasteiger partial charge on any atom is 0.310 e. The molecular formula is C27H30N2O6. The van der Waals surface area contributed by atoms with Crippen molar-refractivity contribution in [3.63, 3.8) is 0 Å². The maximum absolute atomic E-state index is 14.3. The summed E-state index contributed by atoms with van der Waals surface area (Å²) in [6.07, 6.45) is 2.35. The minimum absolute atomic E-state index is 0.207. The number of hydrogen-bond acceptors (Lipinski definition) is 5. The van der Waals surface area contributed by atoms with Gasteiger partial charge in [0.2, 0.25) is 5.91 Å². The lowest BCUT2D eigenvalue weighted by atomic mass is 9.70. The SMILES string of the molecule is C=CCN(C(=O)C1N([C@@H](CC)CO)C(=O)[C@@H]2[C@@H](C(=O)O)[C@H]3CCC12O3)c1ccc2ccccc2c1. The number of carbonyl (C=O) groups excluding carboxylic acids is 2. The quantitative estimate of drug-likeness (QED) is 0.565. The molecule has 2 unspecified atom stereocenters. The van der Waals surface area contributed by atoms with Crippen molar-refractivity contribution in [1.82, 2.24) is 4.90 Å². The number of likely N-dealkylation sites (tertiary alicyclic amines) is 1. The highest BCUT2D eigenvalue weighted by atomic mass is 16.5. The molecule has 3 aliphatic heterocycles. The van der Waals surface area contributed by atoms with Gasteiger partial charge in [-0.15, -0.1) is 6.58 Å². The van der Waals surface area contributed by atoms with E-state index in [1.807, 2.05) is 49.4 Å². The van der Waals surface area contributed by atoms with Crippen molar-refractivity contribution in [2.24, 2.45) is 11.8 Å². The smallest absolute Gasteiger partial charge is 0.310 e. The Kier molecular flexibility index (Phi) is 5.89. The van der Waals surface area contributed by atoms with Gasteiger partial charge in [0.05, 0.1) is 30.6 Å². The second kappa shape index (κ2) is 8.77. The zero-order valence-electron chi connectivity index (χ0n) is 19.7. The predicted molar refractivity (Wildman–Crippen MR) is 130 cm³/mol. The van der Waals surface area contributed by atoms with Crippen molar-refractivity contribution >= 4 is 34.2 Å². The molecule has 8 heteroatoms. The van der Waals surface area contributed by atoms with Crippen LogP contribution in [0.2, 0.25) is 0 Å². The summed E-state index contributed by atoms with van der Waals surface area (Å²) in [6, 6.07) is 11.9. The van der Waals surface area contributed by atoms with Gasteiger partial charge in [-0.1, -0.05) is 43.3 Å². The van der Waals surface area contributed by atoms with Gasteiger partial charge in [-0.05, 0) is 42.2 Å². The van der Waals surface area contributed by atoms with Gasteiger partial charge in [-0.3, -0.25) is 14.4 Å². The van der Waals surface area contributed by atoms with E-state index in [4.69, 9.17) is 4.74 Å². The van der Waals surface area contributed by atoms with E-state index in [1.54, 1.807) is 11.0 Å². The molecule has 3 aliphatic rings. The van der Waals surface area contributed by atoms with E-state index in [1.165, 1.54) is 4.90 Å². The number of amides is 2. The molecular weight excluding hydrogens is 448 g/mol. The van der Waals surface area contributed by atoms with Gasteiger partial charge in [-0.2, -0.15) is 0 Å². The standard InChI is InChI=1S/C27H30N2O6/c1-3-13-28(19-10-9-16-7-5-6-8-17(16)14-19)25(32)23-27-12-11-20(35-27)21(26(33)34)22(27)24(31)29(23)18(4-2)15-30/h3,5-10,14,18,20-23,30H,1,4,11-13,15H2,2H3,(H,33,34)/t18-,20+,21-,22-,23?,27?/m0/s1. The number of ether oxygens (including phenoxy) is 1. The summed E-state index contributed by atoms with van der Waals surface area (Å²) in [5, 5.41) is 22.0. The molecule has 3 heterocycles. The zero-order chi connectivity index (χ0) is 24.9. The summed E-state index contributed by atoms with van der Waals surface area (Å²) in [7, 11) is 0. The first-order chi connectivity index (χ1) is 16.9. The third-order valence-corrected chi connectivity index (χ3v) is 7.95. The highest BCUT2D eigenvalue weighted by Gasteiger charge is 2.75. The fraction of sp³-hybridized carbons (Fsp3) is 0.444. The van der Waals surface area contributed by atoms with Crippen LogP contribution < -0.4 is 4.90 Å². The predicted octanol–water partition coefficient (Wildman–Crippen LogP) is 2.59. The van der Waals surface area contributed by atoms with Crippen LogP contribution in [-0.4, -0.2) is 69.8 Å². The number of benzene rings is 2. The van der Waals surface area contributed by atoms with E-state index in [-0.39, 0.29) is 19.1 Å². The first-order valence-corrected chi connectivity index (χ1v) is 12.1. The highest BCUT2D eigenvalue weighted by Crippen LogP contribution is 2.59. The monoisotopic (exact) mass is 478 g/mol. The number of anilines is 1. The molecule has 2 bridgehead atoms. The Morgan fingerprint density at radius 1 is 1.29 bits per heavy atom. The van der Waals surface area contributed by atoms with Crippen LogP contribution in [0.4, 0.5) is 5.69 Å². The van der Waals surface area contributed by atoms with Crippen molar-refractivity contribution in [2.45, 2.75) is 50.0 Å². The number of carbonyl (C=O) groups is 3. The number of aliphatic hydroxyl groups excluding tert-OH is 1. The fourth-order valence-corrected chi connectivity index (χ4v) is 6.40. The van der Waals surface area contributed by atoms with Crippen molar-refractivity contribution in [2.75, 3.05) is 18.1 Å². The van der Waals surface area contributed by atoms with Gasteiger partial charge in [0.25, 0.3) is 5.91 Å². The van der Waals surface area contributed by atoms with Gasteiger partial charge in [0.15, 0.2) is 0 Å². The molecule has 6 atom stereocenters. The van der Waals surface area contributed by atoms with Crippen LogP contribution >= 0.6 is 0 Å². The van der Waals surface area contributed by atoms with Gasteiger partial charge in [0.1, 0.15) is 11.6 Å². The van der Waals surface area contributed by atoms with E-state index in [0.717, 1.165) is 10.8 Å². The molecule has 2 N–H and O–H groups in total. The molecule has 3 fully saturated rings. The second-order valence-corrected chi connectivity index (χ2v) is 9.65. The summed E-state index contributed by atoms with van der Waals surface area (Å²) in [6.45, 7) is 5.54. The Morgan fingerprint density at radius 2 is 2.03 bits per heavy atom. The zero-order valence-corrected chi connectivity index (χ0v) is 19.7. The number of carboxylic acid groups (broad SMARTS) is 1. The molecule has 5 rings (SSSR count). The molecule has 0 aromatic heterocycles. The number of hydrogen-bond donors (Lipinski definition) is 2. The van der Waals surface area contributed by atoms with Gasteiger partial charge in [0, 0.05) is 12.2 Å². The highest BCUT2D eigenvalue weighted by molar-refractivity contribution is 6.05. The van der Waals surface area contributed by atoms with E-state index < -0.39 is 47.5 Å². The first-order valence-electron chi connectivity index (χ1n) is 12.1. The lowest BCUT2D eigenvalue weighted by Crippen LogP contribution is -2.59. The molecule has 0 saturated carbocycles. The molecule has 184 valence electrons. The van der Waals surface area contributed by atoms with Crippen LogP contribution in [-0.2, 0) is 19.1 Å². The summed E-state index contributed by atoms with van der Waals surface area (Å²) in [5.41, 5.74) is -0.568. The molecule has 0 radical (unpaired) electrons. The van der Waals surface area contributed by atoms with E-state index in [9.17, 15) is 24.6 Å². The minimum Gasteiger partial charge on any atom is -0.481 e. The summed E-state index contributed by atoms with van der Waals surface area (Å²) < 4.78 is 6.27. The lowest BCUT2D eigenvalue weighted by Gasteiger charge is -2.39. The minimum atomic E-state index is -1.22. The number of nitrogens with zero attached hydrogens (tertiary/aromatic N) is 2. The normalized spacial score (nSPS) is 29.9. The molecule has 3 saturated heterocycles. The molecule has 2 aromatic rings. The number of aliphatic carboxylic acids is 1. The first kappa shape index (κ1) is 23.5. The van der Waals surface area contributed by atoms with Gasteiger partial charge >= 0.3 is 5.97 Å². The van der Waals surface area contributed by atoms with Gasteiger partial charge in [-0.25, -0.2) is 0 Å². The van der Waals surface area contributed by atoms with Crippen molar-refractivity contribution in [1.29, 1.82) is 0 Å². The van der Waals surface area contributed by atoms with Crippen LogP contribution in [0, 0.1) is 11.8 Å². The molecule has 8 nitrogen and oxygen atoms in total. The number of rotatable bonds is 8. The van der Waals surface area contributed by atoms with Crippen LogP contribution in [0.15, 0.2) is 55.1 Å². The van der Waals surface area contributed by atoms with Crippen molar-refractivity contribution < 1.29 is 29.3 Å². The van der Waals surface area contributed by atoms with E-state index >= 15 is 0 Å². The molecule has 0 aliphatic carbocycles. The molecule has 35 heavy (non-hydrogen) atoms. The Hall–Kier alpha value is -3.23. The topological polar surface area (TPSA) is 107 Å². The number of aliphatic hydroxyl groups is 1. The van der Waals surface area contributed by atoms with Gasteiger partial charge < -0.3 is 24.7 Å². The van der Waals surface area contributed by atoms with E-state index in [2.05, 4.69) is 6.58 Å². The number of fused-ring (bicyclic) bond motifs is 2. The Labute approximate surface area is 203 Å². The third-order valence-electron chi connectivity index (χ3n) is 7.95. The van der Waals surface area contributed by atoms with Crippen LogP contribution in [0.1, 0.15) is 26.2 Å². The Balaban J connectivity index is 1.62. The fourth-order valence-electron chi connectivity index (χ4n) is 6.40. The van der Waals surface area contributed by atoms with Crippen molar-refractivity contribution in [3.05, 3.63) is 55.1 Å². The van der Waals surface area contributed by atoms with Crippen molar-refractivity contribution in [3.8, 4) is 0 Å². The lowest BCUT2D eigenvalue weighted by molar-refractivity contribution is -0.151. The molecule has 2 amide bonds. The van der Waals surface area contributed by atoms with Crippen LogP contribution in [0.25, 0.3) is 10.8 Å². The summed E-state index contributed by atoms with van der Waals surface area (Å²) in [5.74, 6) is -3.81. The van der Waals surface area contributed by atoms with Crippen LogP contribution in [0.3, 0.4) is 0 Å². The molecule has 1 spiro atoms. The number of carboxylic acids is 1. The average Bonchev–Trinajstić information content (AvgIpc) is 3.50. The average molecular weight is 479 g/mol. The summed E-state index contributed by atoms with van der Waals surface area (Å²) in [4.78, 5) is 43.2. The molecule has 2 aromatic carbocycles. The van der Waals surface area contributed by atoms with Crippen LogP contribution in [0.5, 0.6) is 0 Å². The Bertz CT molecular complexity index is 1190. The largest absolute Gasteiger partial charge is 0.481 e. The maximum atomic E-state index is 14.3. The Morgan fingerprint density at radius 3 is 2.69 bits per heavy atom. The third kappa shape index (κ3) is 3.38. The summed E-state index contributed by atoms with van der Waals surface area (Å²) >= 11 is 0. The second-order valence-electron chi connectivity index (χ2n) is 9.65. The van der Waals surface area contributed by atoms with E-state index in [0.29, 0.717) is 24.9 Å².